The molecule has 0 unspecified atom stereocenters. The van der Waals surface area contributed by atoms with Crippen molar-refractivity contribution in [1.29, 1.82) is 0 Å². The summed E-state index contributed by atoms with van der Waals surface area (Å²) in [7, 11) is 1.57. The van der Waals surface area contributed by atoms with Gasteiger partial charge >= 0.3 is 6.03 Å². The minimum atomic E-state index is -0.170. The number of carbonyl (C=O) groups is 1. The number of hydrogen-bond donors (Lipinski definition) is 2. The number of nitrogens with one attached hydrogen (secondary N) is 2. The molecule has 0 atom stereocenters. The topological polar surface area (TPSA) is 50.4 Å². The van der Waals surface area contributed by atoms with Crippen molar-refractivity contribution >= 4 is 23.3 Å². The summed E-state index contributed by atoms with van der Waals surface area (Å²) < 4.78 is 5.13. The number of hydrogen-bond acceptors (Lipinski definition) is 2. The van der Waals surface area contributed by atoms with Crippen molar-refractivity contribution in [3.05, 3.63) is 22.7 Å². The van der Waals surface area contributed by atoms with Gasteiger partial charge in [-0.2, -0.15) is 0 Å². The van der Waals surface area contributed by atoms with Crippen molar-refractivity contribution in [2.24, 2.45) is 0 Å². The van der Waals surface area contributed by atoms with Crippen LogP contribution in [0.15, 0.2) is 12.1 Å². The molecule has 5 heteroatoms. The van der Waals surface area contributed by atoms with E-state index in [0.717, 1.165) is 18.4 Å². The Labute approximate surface area is 118 Å². The smallest absolute Gasteiger partial charge is 0.319 e. The van der Waals surface area contributed by atoms with E-state index in [1.807, 2.05) is 13.0 Å². The Balaban J connectivity index is 2.01. The molecule has 0 radical (unpaired) electrons. The Morgan fingerprint density at radius 1 is 1.37 bits per heavy atom. The molecule has 104 valence electrons. The maximum Gasteiger partial charge on any atom is 0.319 e. The van der Waals surface area contributed by atoms with Crippen LogP contribution in [0.25, 0.3) is 0 Å². The summed E-state index contributed by atoms with van der Waals surface area (Å²) in [6.45, 7) is 1.91. The van der Waals surface area contributed by atoms with Crippen LogP contribution in [0.4, 0.5) is 10.5 Å². The Bertz CT molecular complexity index is 471. The second kappa shape index (κ2) is 6.15. The molecule has 0 heterocycles. The molecule has 0 bridgehead atoms. The number of urea groups is 1. The van der Waals surface area contributed by atoms with Crippen molar-refractivity contribution in [1.82, 2.24) is 5.32 Å². The number of rotatable bonds is 3. The third kappa shape index (κ3) is 3.53. The van der Waals surface area contributed by atoms with Crippen LogP contribution in [-0.2, 0) is 0 Å². The molecule has 0 aromatic heterocycles. The van der Waals surface area contributed by atoms with Gasteiger partial charge in [-0.1, -0.05) is 24.4 Å². The molecule has 2 amide bonds. The fraction of sp³-hybridized carbons (Fsp3) is 0.500. The lowest BCUT2D eigenvalue weighted by molar-refractivity contribution is 0.248. The summed E-state index contributed by atoms with van der Waals surface area (Å²) in [5, 5.41) is 6.31. The van der Waals surface area contributed by atoms with Crippen LogP contribution in [0.5, 0.6) is 5.75 Å². The predicted molar refractivity (Wildman–Crippen MR) is 77.2 cm³/mol. The molecule has 2 N–H and O–H groups in total. The van der Waals surface area contributed by atoms with Gasteiger partial charge in [0.1, 0.15) is 5.75 Å². The molecule has 1 aliphatic carbocycles. The second-order valence-corrected chi connectivity index (χ2v) is 5.29. The molecule has 1 saturated carbocycles. The van der Waals surface area contributed by atoms with Crippen LogP contribution in [0.2, 0.25) is 5.02 Å². The van der Waals surface area contributed by atoms with Crippen LogP contribution in [0, 0.1) is 6.92 Å². The highest BCUT2D eigenvalue weighted by Gasteiger charge is 2.17. The van der Waals surface area contributed by atoms with Gasteiger partial charge < -0.3 is 15.4 Å². The quantitative estimate of drug-likeness (QED) is 0.888. The standard InChI is InChI=1S/C14H19ClN2O2/c1-9-7-13(19-2)11(15)8-12(9)17-14(18)16-10-5-3-4-6-10/h7-8,10H,3-6H2,1-2H3,(H2,16,17,18). The minimum Gasteiger partial charge on any atom is -0.495 e. The molecule has 1 aromatic rings. The van der Waals surface area contributed by atoms with Crippen molar-refractivity contribution in [2.75, 3.05) is 12.4 Å². The van der Waals surface area contributed by atoms with E-state index in [0.29, 0.717) is 22.5 Å². The van der Waals surface area contributed by atoms with Crippen molar-refractivity contribution in [3.63, 3.8) is 0 Å². The molecular formula is C14H19ClN2O2. The summed E-state index contributed by atoms with van der Waals surface area (Å²) in [5.74, 6) is 0.612. The largest absolute Gasteiger partial charge is 0.495 e. The summed E-state index contributed by atoms with van der Waals surface area (Å²) in [6.07, 6.45) is 4.52. The Morgan fingerprint density at radius 3 is 2.68 bits per heavy atom. The zero-order valence-corrected chi connectivity index (χ0v) is 12.0. The van der Waals surface area contributed by atoms with Gasteiger partial charge in [0.2, 0.25) is 0 Å². The molecule has 4 nitrogen and oxygen atoms in total. The van der Waals surface area contributed by atoms with Gasteiger partial charge in [0.05, 0.1) is 12.1 Å². The molecule has 2 rings (SSSR count). The van der Waals surface area contributed by atoms with Crippen LogP contribution in [0.3, 0.4) is 0 Å². The lowest BCUT2D eigenvalue weighted by atomic mass is 10.2. The highest BCUT2D eigenvalue weighted by molar-refractivity contribution is 6.32. The lowest BCUT2D eigenvalue weighted by Crippen LogP contribution is -2.36. The Morgan fingerprint density at radius 2 is 2.05 bits per heavy atom. The number of benzene rings is 1. The first kappa shape index (κ1) is 14.0. The summed E-state index contributed by atoms with van der Waals surface area (Å²) in [4.78, 5) is 11.9. The minimum absolute atomic E-state index is 0.170. The molecule has 1 fully saturated rings. The van der Waals surface area contributed by atoms with Crippen molar-refractivity contribution in [2.45, 2.75) is 38.6 Å². The molecule has 1 aromatic carbocycles. The van der Waals surface area contributed by atoms with E-state index in [4.69, 9.17) is 16.3 Å². The first-order valence-electron chi connectivity index (χ1n) is 6.52. The highest BCUT2D eigenvalue weighted by atomic mass is 35.5. The molecule has 0 aliphatic heterocycles. The van der Waals surface area contributed by atoms with E-state index in [9.17, 15) is 4.79 Å². The number of halogens is 1. The van der Waals surface area contributed by atoms with Crippen LogP contribution in [0.1, 0.15) is 31.2 Å². The second-order valence-electron chi connectivity index (χ2n) is 4.88. The van der Waals surface area contributed by atoms with E-state index in [-0.39, 0.29) is 6.03 Å². The number of aryl methyl sites for hydroxylation is 1. The van der Waals surface area contributed by atoms with Gasteiger partial charge in [0, 0.05) is 11.7 Å². The Hall–Kier alpha value is -1.42. The van der Waals surface area contributed by atoms with Crippen molar-refractivity contribution < 1.29 is 9.53 Å². The van der Waals surface area contributed by atoms with E-state index < -0.39 is 0 Å². The van der Waals surface area contributed by atoms with Gasteiger partial charge in [-0.25, -0.2) is 4.79 Å². The molecule has 0 saturated heterocycles. The van der Waals surface area contributed by atoms with E-state index in [2.05, 4.69) is 10.6 Å². The van der Waals surface area contributed by atoms with E-state index >= 15 is 0 Å². The Kier molecular flexibility index (Phi) is 4.53. The fourth-order valence-electron chi connectivity index (χ4n) is 2.36. The first-order chi connectivity index (χ1) is 9.10. The van der Waals surface area contributed by atoms with Crippen LogP contribution in [-0.4, -0.2) is 19.2 Å². The first-order valence-corrected chi connectivity index (χ1v) is 6.89. The van der Waals surface area contributed by atoms with E-state index in [1.54, 1.807) is 13.2 Å². The summed E-state index contributed by atoms with van der Waals surface area (Å²) >= 11 is 6.06. The molecule has 19 heavy (non-hydrogen) atoms. The zero-order chi connectivity index (χ0) is 13.8. The summed E-state index contributed by atoms with van der Waals surface area (Å²) in [6, 6.07) is 3.66. The SMILES string of the molecule is COc1cc(C)c(NC(=O)NC2CCCC2)cc1Cl. The van der Waals surface area contributed by atoms with Gasteiger partial charge in [-0.3, -0.25) is 0 Å². The maximum absolute atomic E-state index is 11.9. The summed E-state index contributed by atoms with van der Waals surface area (Å²) in [5.41, 5.74) is 1.63. The van der Waals surface area contributed by atoms with Gasteiger partial charge in [-0.05, 0) is 37.5 Å². The van der Waals surface area contributed by atoms with Gasteiger partial charge in [0.25, 0.3) is 0 Å². The number of anilines is 1. The third-order valence-corrected chi connectivity index (χ3v) is 3.73. The average Bonchev–Trinajstić information content (AvgIpc) is 2.86. The number of amides is 2. The number of ether oxygens (including phenoxy) is 1. The highest BCUT2D eigenvalue weighted by Crippen LogP contribution is 2.30. The molecular weight excluding hydrogens is 264 g/mol. The van der Waals surface area contributed by atoms with Crippen LogP contribution >= 0.6 is 11.6 Å². The van der Waals surface area contributed by atoms with Crippen molar-refractivity contribution in [3.8, 4) is 5.75 Å². The fourth-order valence-corrected chi connectivity index (χ4v) is 2.60. The molecule has 1 aliphatic rings. The average molecular weight is 283 g/mol. The number of carbonyl (C=O) groups excluding carboxylic acids is 1. The normalized spacial score (nSPS) is 15.3. The third-order valence-electron chi connectivity index (χ3n) is 3.44. The zero-order valence-electron chi connectivity index (χ0n) is 11.3. The monoisotopic (exact) mass is 282 g/mol. The molecule has 0 spiro atoms. The van der Waals surface area contributed by atoms with Crippen LogP contribution < -0.4 is 15.4 Å². The van der Waals surface area contributed by atoms with Gasteiger partial charge in [0.15, 0.2) is 0 Å². The predicted octanol–water partition coefficient (Wildman–Crippen LogP) is 3.72. The lowest BCUT2D eigenvalue weighted by Gasteiger charge is -2.15. The van der Waals surface area contributed by atoms with Gasteiger partial charge in [-0.15, -0.1) is 0 Å². The van der Waals surface area contributed by atoms with E-state index in [1.165, 1.54) is 12.8 Å². The number of methoxy groups -OCH3 is 1. The maximum atomic E-state index is 11.9.